The summed E-state index contributed by atoms with van der Waals surface area (Å²) in [4.78, 5) is 26.5. The van der Waals surface area contributed by atoms with Crippen molar-refractivity contribution >= 4 is 11.8 Å². The molecule has 7 heteroatoms. The Morgan fingerprint density at radius 2 is 1.64 bits per heavy atom. The first-order valence-corrected chi connectivity index (χ1v) is 9.35. The third-order valence-electron chi connectivity index (χ3n) is 4.75. The van der Waals surface area contributed by atoms with Crippen LogP contribution in [0.25, 0.3) is 0 Å². The SMILES string of the molecule is O=C(NCCN1CCCC1)c1ccc(CNC(=O)c2cc(F)ccc2F)cc1. The number of benzene rings is 2. The summed E-state index contributed by atoms with van der Waals surface area (Å²) in [6.45, 7) is 3.79. The van der Waals surface area contributed by atoms with Gasteiger partial charge in [0.15, 0.2) is 0 Å². The summed E-state index contributed by atoms with van der Waals surface area (Å²) in [5, 5.41) is 5.45. The molecule has 1 saturated heterocycles. The minimum Gasteiger partial charge on any atom is -0.351 e. The standard InChI is InChI=1S/C21H23F2N3O2/c22-17-7-8-19(23)18(13-17)21(28)25-14-15-3-5-16(6-4-15)20(27)24-9-12-26-10-1-2-11-26/h3-8,13H,1-2,9-12,14H2,(H,24,27)(H,25,28). The van der Waals surface area contributed by atoms with E-state index in [2.05, 4.69) is 15.5 Å². The van der Waals surface area contributed by atoms with Crippen LogP contribution in [0.4, 0.5) is 8.78 Å². The van der Waals surface area contributed by atoms with E-state index in [9.17, 15) is 18.4 Å². The molecule has 0 bridgehead atoms. The van der Waals surface area contributed by atoms with Gasteiger partial charge >= 0.3 is 0 Å². The summed E-state index contributed by atoms with van der Waals surface area (Å²) in [5.41, 5.74) is 0.945. The molecular weight excluding hydrogens is 364 g/mol. The van der Waals surface area contributed by atoms with E-state index < -0.39 is 17.5 Å². The highest BCUT2D eigenvalue weighted by molar-refractivity contribution is 5.95. The van der Waals surface area contributed by atoms with Crippen LogP contribution in [0.5, 0.6) is 0 Å². The van der Waals surface area contributed by atoms with E-state index in [0.29, 0.717) is 12.1 Å². The van der Waals surface area contributed by atoms with Crippen molar-refractivity contribution in [2.75, 3.05) is 26.2 Å². The molecule has 2 aromatic carbocycles. The smallest absolute Gasteiger partial charge is 0.254 e. The molecule has 0 aliphatic carbocycles. The summed E-state index contributed by atoms with van der Waals surface area (Å²) in [7, 11) is 0. The molecule has 2 N–H and O–H groups in total. The highest BCUT2D eigenvalue weighted by atomic mass is 19.1. The number of nitrogens with one attached hydrogen (secondary N) is 2. The van der Waals surface area contributed by atoms with Crippen LogP contribution in [0, 0.1) is 11.6 Å². The fraction of sp³-hybridized carbons (Fsp3) is 0.333. The van der Waals surface area contributed by atoms with Gasteiger partial charge in [0.2, 0.25) is 0 Å². The topological polar surface area (TPSA) is 61.4 Å². The number of hydrogen-bond acceptors (Lipinski definition) is 3. The van der Waals surface area contributed by atoms with Gasteiger partial charge in [0.1, 0.15) is 11.6 Å². The zero-order valence-electron chi connectivity index (χ0n) is 15.5. The van der Waals surface area contributed by atoms with Gasteiger partial charge in [-0.05, 0) is 61.8 Å². The van der Waals surface area contributed by atoms with E-state index in [4.69, 9.17) is 0 Å². The molecule has 0 aromatic heterocycles. The average molecular weight is 387 g/mol. The first-order valence-electron chi connectivity index (χ1n) is 9.35. The lowest BCUT2D eigenvalue weighted by molar-refractivity contribution is 0.0938. The zero-order chi connectivity index (χ0) is 19.9. The Hall–Kier alpha value is -2.80. The van der Waals surface area contributed by atoms with Crippen molar-refractivity contribution in [3.05, 3.63) is 70.8 Å². The molecule has 2 aromatic rings. The average Bonchev–Trinajstić information content (AvgIpc) is 3.22. The van der Waals surface area contributed by atoms with E-state index in [-0.39, 0.29) is 18.0 Å². The number of carbonyl (C=O) groups is 2. The van der Waals surface area contributed by atoms with Crippen LogP contribution in [0.3, 0.4) is 0 Å². The molecule has 1 heterocycles. The van der Waals surface area contributed by atoms with Crippen molar-refractivity contribution in [1.82, 2.24) is 15.5 Å². The van der Waals surface area contributed by atoms with Crippen molar-refractivity contribution in [3.8, 4) is 0 Å². The molecule has 0 spiro atoms. The van der Waals surface area contributed by atoms with Gasteiger partial charge in [-0.2, -0.15) is 0 Å². The summed E-state index contributed by atoms with van der Waals surface area (Å²) < 4.78 is 26.8. The van der Waals surface area contributed by atoms with E-state index in [1.807, 2.05) is 0 Å². The minimum absolute atomic E-state index is 0.142. The van der Waals surface area contributed by atoms with Crippen LogP contribution in [0.1, 0.15) is 39.1 Å². The maximum atomic E-state index is 13.6. The number of likely N-dealkylation sites (tertiary alicyclic amines) is 1. The molecule has 0 saturated carbocycles. The van der Waals surface area contributed by atoms with Crippen LogP contribution >= 0.6 is 0 Å². The van der Waals surface area contributed by atoms with Gasteiger partial charge in [-0.3, -0.25) is 9.59 Å². The van der Waals surface area contributed by atoms with Crippen molar-refractivity contribution < 1.29 is 18.4 Å². The number of halogens is 2. The molecule has 1 aliphatic heterocycles. The van der Waals surface area contributed by atoms with Gasteiger partial charge in [-0.1, -0.05) is 12.1 Å². The van der Waals surface area contributed by atoms with Gasteiger partial charge in [0.05, 0.1) is 5.56 Å². The second-order valence-electron chi connectivity index (χ2n) is 6.81. The highest BCUT2D eigenvalue weighted by Crippen LogP contribution is 2.11. The molecule has 0 atom stereocenters. The van der Waals surface area contributed by atoms with Gasteiger partial charge in [0, 0.05) is 25.2 Å². The van der Waals surface area contributed by atoms with Crippen LogP contribution < -0.4 is 10.6 Å². The van der Waals surface area contributed by atoms with Crippen molar-refractivity contribution in [2.24, 2.45) is 0 Å². The molecule has 3 rings (SSSR count). The lowest BCUT2D eigenvalue weighted by Gasteiger charge is -2.14. The molecule has 1 aliphatic rings. The third kappa shape index (κ3) is 5.36. The summed E-state index contributed by atoms with van der Waals surface area (Å²) in [6.07, 6.45) is 2.44. The Labute approximate surface area is 162 Å². The summed E-state index contributed by atoms with van der Waals surface area (Å²) in [5.74, 6) is -2.29. The number of amides is 2. The summed E-state index contributed by atoms with van der Waals surface area (Å²) in [6, 6.07) is 9.53. The monoisotopic (exact) mass is 387 g/mol. The fourth-order valence-electron chi connectivity index (χ4n) is 3.16. The number of carbonyl (C=O) groups excluding carboxylic acids is 2. The predicted octanol–water partition coefficient (Wildman–Crippen LogP) is 2.72. The van der Waals surface area contributed by atoms with Crippen LogP contribution in [0.15, 0.2) is 42.5 Å². The Bertz CT molecular complexity index is 834. The van der Waals surface area contributed by atoms with E-state index in [1.54, 1.807) is 24.3 Å². The second-order valence-corrected chi connectivity index (χ2v) is 6.81. The Morgan fingerprint density at radius 3 is 2.36 bits per heavy atom. The molecule has 5 nitrogen and oxygen atoms in total. The van der Waals surface area contributed by atoms with Crippen LogP contribution in [-0.2, 0) is 6.54 Å². The molecule has 0 unspecified atom stereocenters. The van der Waals surface area contributed by atoms with Crippen molar-refractivity contribution in [2.45, 2.75) is 19.4 Å². The van der Waals surface area contributed by atoms with Gasteiger partial charge in [-0.15, -0.1) is 0 Å². The predicted molar refractivity (Wildman–Crippen MR) is 102 cm³/mol. The van der Waals surface area contributed by atoms with Crippen LogP contribution in [-0.4, -0.2) is 42.9 Å². The van der Waals surface area contributed by atoms with Gasteiger partial charge < -0.3 is 15.5 Å². The van der Waals surface area contributed by atoms with Crippen molar-refractivity contribution in [3.63, 3.8) is 0 Å². The normalized spacial score (nSPS) is 14.1. The van der Waals surface area contributed by atoms with Crippen molar-refractivity contribution in [1.29, 1.82) is 0 Å². The molecular formula is C21H23F2N3O2. The number of nitrogens with zero attached hydrogens (tertiary/aromatic N) is 1. The number of hydrogen-bond donors (Lipinski definition) is 2. The minimum atomic E-state index is -0.778. The maximum absolute atomic E-state index is 13.6. The second kappa shape index (κ2) is 9.41. The first kappa shape index (κ1) is 19.9. The quantitative estimate of drug-likeness (QED) is 0.768. The van der Waals surface area contributed by atoms with E-state index in [1.165, 1.54) is 12.8 Å². The Kier molecular flexibility index (Phi) is 6.71. The molecule has 0 radical (unpaired) electrons. The molecule has 1 fully saturated rings. The van der Waals surface area contributed by atoms with E-state index >= 15 is 0 Å². The fourth-order valence-corrected chi connectivity index (χ4v) is 3.16. The zero-order valence-corrected chi connectivity index (χ0v) is 15.5. The lowest BCUT2D eigenvalue weighted by Crippen LogP contribution is -2.33. The number of rotatable bonds is 7. The largest absolute Gasteiger partial charge is 0.351 e. The summed E-state index contributed by atoms with van der Waals surface area (Å²) >= 11 is 0. The van der Waals surface area contributed by atoms with Gasteiger partial charge in [-0.25, -0.2) is 8.78 Å². The van der Waals surface area contributed by atoms with Crippen LogP contribution in [0.2, 0.25) is 0 Å². The lowest BCUT2D eigenvalue weighted by atomic mass is 10.1. The molecule has 28 heavy (non-hydrogen) atoms. The Morgan fingerprint density at radius 1 is 0.929 bits per heavy atom. The maximum Gasteiger partial charge on any atom is 0.254 e. The first-order chi connectivity index (χ1) is 13.5. The third-order valence-corrected chi connectivity index (χ3v) is 4.75. The Balaban J connectivity index is 1.47. The molecule has 148 valence electrons. The molecule has 2 amide bonds. The van der Waals surface area contributed by atoms with Gasteiger partial charge in [0.25, 0.3) is 11.8 Å². The highest BCUT2D eigenvalue weighted by Gasteiger charge is 2.13. The van der Waals surface area contributed by atoms with E-state index in [0.717, 1.165) is 43.4 Å².